The van der Waals surface area contributed by atoms with Crippen LogP contribution >= 0.6 is 27.3 Å². The summed E-state index contributed by atoms with van der Waals surface area (Å²) in [6, 6.07) is 3.01. The van der Waals surface area contributed by atoms with Gasteiger partial charge in [-0.1, -0.05) is 6.42 Å². The van der Waals surface area contributed by atoms with Gasteiger partial charge in [-0.15, -0.1) is 11.3 Å². The average Bonchev–Trinajstić information content (AvgIpc) is 2.76. The van der Waals surface area contributed by atoms with Gasteiger partial charge < -0.3 is 10.2 Å². The summed E-state index contributed by atoms with van der Waals surface area (Å²) in [7, 11) is 2.22. The Hall–Kier alpha value is 0.100. The van der Waals surface area contributed by atoms with E-state index < -0.39 is 0 Å². The van der Waals surface area contributed by atoms with Crippen molar-refractivity contribution in [3.63, 3.8) is 0 Å². The second-order valence-electron chi connectivity index (χ2n) is 5.29. The van der Waals surface area contributed by atoms with Crippen LogP contribution in [0.15, 0.2) is 15.2 Å². The zero-order valence-electron chi connectivity index (χ0n) is 11.1. The van der Waals surface area contributed by atoms with Gasteiger partial charge in [0.1, 0.15) is 0 Å². The summed E-state index contributed by atoms with van der Waals surface area (Å²) in [6.45, 7) is 3.50. The number of hydrogen-bond donors (Lipinski definition) is 1. The first-order valence-electron chi connectivity index (χ1n) is 6.89. The third kappa shape index (κ3) is 5.00. The maximum Gasteiger partial charge on any atom is 0.0701 e. The molecule has 2 nitrogen and oxygen atoms in total. The Bertz CT molecular complexity index is 347. The largest absolute Gasteiger partial charge is 0.314 e. The van der Waals surface area contributed by atoms with Crippen molar-refractivity contribution in [2.45, 2.75) is 44.7 Å². The van der Waals surface area contributed by atoms with Gasteiger partial charge in [-0.3, -0.25) is 0 Å². The molecule has 0 aliphatic carbocycles. The first kappa shape index (κ1) is 14.5. The van der Waals surface area contributed by atoms with E-state index in [4.69, 9.17) is 0 Å². The van der Waals surface area contributed by atoms with E-state index in [0.29, 0.717) is 0 Å². The van der Waals surface area contributed by atoms with Gasteiger partial charge in [0.15, 0.2) is 0 Å². The standard InChI is InChI=1S/C14H23BrN2S/c1-17(10-12-9-14(15)18-11-12)8-4-6-13-5-2-3-7-16-13/h9,11,13,16H,2-8,10H2,1H3. The number of nitrogens with zero attached hydrogens (tertiary/aromatic N) is 1. The highest BCUT2D eigenvalue weighted by molar-refractivity contribution is 9.11. The molecular weight excluding hydrogens is 308 g/mol. The van der Waals surface area contributed by atoms with Crippen LogP contribution in [0.2, 0.25) is 0 Å². The van der Waals surface area contributed by atoms with Crippen molar-refractivity contribution in [2.75, 3.05) is 20.1 Å². The van der Waals surface area contributed by atoms with Gasteiger partial charge in [-0.2, -0.15) is 0 Å². The molecule has 1 aromatic rings. The van der Waals surface area contributed by atoms with E-state index in [2.05, 4.69) is 44.6 Å². The van der Waals surface area contributed by atoms with Crippen LogP contribution in [0.1, 0.15) is 37.7 Å². The van der Waals surface area contributed by atoms with Gasteiger partial charge in [-0.05, 0) is 78.8 Å². The van der Waals surface area contributed by atoms with Crippen molar-refractivity contribution in [3.05, 3.63) is 20.8 Å². The quantitative estimate of drug-likeness (QED) is 0.851. The number of rotatable bonds is 6. The number of nitrogens with one attached hydrogen (secondary N) is 1. The molecular formula is C14H23BrN2S. The van der Waals surface area contributed by atoms with Crippen LogP contribution < -0.4 is 5.32 Å². The van der Waals surface area contributed by atoms with Gasteiger partial charge in [0.2, 0.25) is 0 Å². The van der Waals surface area contributed by atoms with Gasteiger partial charge in [0.05, 0.1) is 3.79 Å². The highest BCUT2D eigenvalue weighted by Gasteiger charge is 2.12. The van der Waals surface area contributed by atoms with Crippen molar-refractivity contribution in [1.82, 2.24) is 10.2 Å². The summed E-state index contributed by atoms with van der Waals surface area (Å²) in [5.74, 6) is 0. The molecule has 0 aromatic carbocycles. The Morgan fingerprint density at radius 1 is 1.50 bits per heavy atom. The van der Waals surface area contributed by atoms with Crippen LogP contribution in [0.25, 0.3) is 0 Å². The first-order valence-corrected chi connectivity index (χ1v) is 8.56. The smallest absolute Gasteiger partial charge is 0.0701 e. The van der Waals surface area contributed by atoms with E-state index in [9.17, 15) is 0 Å². The fraction of sp³-hybridized carbons (Fsp3) is 0.714. The Kier molecular flexibility index (Phi) is 6.15. The minimum Gasteiger partial charge on any atom is -0.314 e. The summed E-state index contributed by atoms with van der Waals surface area (Å²) in [5, 5.41) is 5.86. The second kappa shape index (κ2) is 7.63. The molecule has 1 fully saturated rings. The fourth-order valence-corrected chi connectivity index (χ4v) is 3.80. The van der Waals surface area contributed by atoms with Crippen LogP contribution in [0.4, 0.5) is 0 Å². The lowest BCUT2D eigenvalue weighted by atomic mass is 10.0. The summed E-state index contributed by atoms with van der Waals surface area (Å²) in [5.41, 5.74) is 1.42. The van der Waals surface area contributed by atoms with Gasteiger partial charge >= 0.3 is 0 Å². The molecule has 1 saturated heterocycles. The van der Waals surface area contributed by atoms with Gasteiger partial charge in [-0.25, -0.2) is 0 Å². The van der Waals surface area contributed by atoms with Crippen LogP contribution in [-0.2, 0) is 6.54 Å². The lowest BCUT2D eigenvalue weighted by molar-refractivity contribution is 0.297. The third-order valence-corrected chi connectivity index (χ3v) is 5.13. The van der Waals surface area contributed by atoms with Crippen LogP contribution in [0.3, 0.4) is 0 Å². The van der Waals surface area contributed by atoms with Crippen LogP contribution in [0.5, 0.6) is 0 Å². The number of piperidine rings is 1. The third-order valence-electron chi connectivity index (χ3n) is 3.58. The van der Waals surface area contributed by atoms with Crippen molar-refractivity contribution < 1.29 is 0 Å². The lowest BCUT2D eigenvalue weighted by Crippen LogP contribution is -2.34. The molecule has 0 amide bonds. The summed E-state index contributed by atoms with van der Waals surface area (Å²) >= 11 is 5.29. The molecule has 1 unspecified atom stereocenters. The normalized spacial score (nSPS) is 20.5. The molecule has 2 rings (SSSR count). The SMILES string of the molecule is CN(CCCC1CCCCN1)Cc1csc(Br)c1. The maximum atomic E-state index is 3.62. The van der Waals surface area contributed by atoms with Crippen molar-refractivity contribution >= 4 is 27.3 Å². The van der Waals surface area contributed by atoms with Crippen molar-refractivity contribution in [1.29, 1.82) is 0 Å². The van der Waals surface area contributed by atoms with E-state index in [0.717, 1.165) is 12.6 Å². The molecule has 0 bridgehead atoms. The molecule has 4 heteroatoms. The molecule has 1 N–H and O–H groups in total. The van der Waals surface area contributed by atoms with Crippen molar-refractivity contribution in [2.24, 2.45) is 0 Å². The minimum absolute atomic E-state index is 0.780. The van der Waals surface area contributed by atoms with Crippen LogP contribution in [0, 0.1) is 0 Å². The Morgan fingerprint density at radius 2 is 2.39 bits per heavy atom. The fourth-order valence-electron chi connectivity index (χ4n) is 2.60. The number of thiophene rings is 1. The lowest BCUT2D eigenvalue weighted by Gasteiger charge is -2.24. The van der Waals surface area contributed by atoms with Crippen LogP contribution in [-0.4, -0.2) is 31.1 Å². The first-order chi connectivity index (χ1) is 8.74. The summed E-state index contributed by atoms with van der Waals surface area (Å²) < 4.78 is 1.23. The van der Waals surface area contributed by atoms with E-state index in [1.807, 2.05) is 0 Å². The van der Waals surface area contributed by atoms with E-state index in [1.54, 1.807) is 11.3 Å². The predicted octanol–water partition coefficient (Wildman–Crippen LogP) is 3.86. The molecule has 1 aliphatic rings. The highest BCUT2D eigenvalue weighted by Crippen LogP contribution is 2.21. The molecule has 102 valence electrons. The Balaban J connectivity index is 1.60. The summed E-state index contributed by atoms with van der Waals surface area (Å²) in [4.78, 5) is 2.43. The molecule has 0 spiro atoms. The van der Waals surface area contributed by atoms with Crippen molar-refractivity contribution in [3.8, 4) is 0 Å². The van der Waals surface area contributed by atoms with E-state index in [-0.39, 0.29) is 0 Å². The topological polar surface area (TPSA) is 15.3 Å². The average molecular weight is 331 g/mol. The zero-order valence-corrected chi connectivity index (χ0v) is 13.5. The number of halogens is 1. The summed E-state index contributed by atoms with van der Waals surface area (Å²) in [6.07, 6.45) is 6.79. The molecule has 0 saturated carbocycles. The Labute approximate surface area is 123 Å². The molecule has 18 heavy (non-hydrogen) atoms. The predicted molar refractivity (Wildman–Crippen MR) is 83.2 cm³/mol. The molecule has 1 aromatic heterocycles. The molecule has 0 radical (unpaired) electrons. The Morgan fingerprint density at radius 3 is 3.06 bits per heavy atom. The highest BCUT2D eigenvalue weighted by atomic mass is 79.9. The molecule has 2 heterocycles. The number of hydrogen-bond acceptors (Lipinski definition) is 3. The van der Waals surface area contributed by atoms with Gasteiger partial charge in [0.25, 0.3) is 0 Å². The second-order valence-corrected chi connectivity index (χ2v) is 7.58. The zero-order chi connectivity index (χ0) is 12.8. The molecule has 1 atom stereocenters. The monoisotopic (exact) mass is 330 g/mol. The van der Waals surface area contributed by atoms with Gasteiger partial charge in [0, 0.05) is 12.6 Å². The van der Waals surface area contributed by atoms with E-state index in [1.165, 1.54) is 54.5 Å². The van der Waals surface area contributed by atoms with E-state index >= 15 is 0 Å². The maximum absolute atomic E-state index is 3.62. The minimum atomic E-state index is 0.780. The molecule has 1 aliphatic heterocycles.